The minimum Gasteiger partial charge on any atom is -0.481 e. The van der Waals surface area contributed by atoms with Crippen molar-refractivity contribution in [1.29, 1.82) is 0 Å². The van der Waals surface area contributed by atoms with E-state index in [2.05, 4.69) is 13.8 Å². The summed E-state index contributed by atoms with van der Waals surface area (Å²) >= 11 is 0. The Kier molecular flexibility index (Phi) is 14.8. The molecule has 0 aromatic rings. The second kappa shape index (κ2) is 15.5. The van der Waals surface area contributed by atoms with Crippen molar-refractivity contribution in [3.8, 4) is 0 Å². The zero-order valence-electron chi connectivity index (χ0n) is 15.8. The number of carboxylic acid groups (broad SMARTS) is 2. The lowest BCUT2D eigenvalue weighted by atomic mass is 9.90. The van der Waals surface area contributed by atoms with Crippen molar-refractivity contribution in [3.05, 3.63) is 0 Å². The Morgan fingerprint density at radius 3 is 1.42 bits per heavy atom. The van der Waals surface area contributed by atoms with Gasteiger partial charge in [-0.05, 0) is 31.1 Å². The Labute approximate surface area is 148 Å². The van der Waals surface area contributed by atoms with Gasteiger partial charge in [0, 0.05) is 12.8 Å². The Balaban J connectivity index is 3.85. The smallest absolute Gasteiger partial charge is 0.303 e. The molecule has 0 aliphatic carbocycles. The van der Waals surface area contributed by atoms with Crippen LogP contribution in [-0.2, 0) is 9.59 Å². The summed E-state index contributed by atoms with van der Waals surface area (Å²) in [5, 5.41) is 17.9. The number of hydrogen-bond acceptors (Lipinski definition) is 2. The topological polar surface area (TPSA) is 74.6 Å². The van der Waals surface area contributed by atoms with Crippen LogP contribution in [0.25, 0.3) is 0 Å². The van der Waals surface area contributed by atoms with Crippen molar-refractivity contribution in [2.75, 3.05) is 0 Å². The standard InChI is InChI=1S/C20H38O4/c1-3-5-8-12-18(16-20(23)24)14-10-7-6-9-13-17(11-4-2)15-19(21)22/h17-18H,3-16H2,1-2H3,(H,21,22)(H,23,24). The molecule has 4 heteroatoms. The molecule has 0 aromatic carbocycles. The average Bonchev–Trinajstić information content (AvgIpc) is 2.49. The lowest BCUT2D eigenvalue weighted by Crippen LogP contribution is -2.08. The fraction of sp³-hybridized carbons (Fsp3) is 0.900. The number of carboxylic acids is 2. The molecule has 2 atom stereocenters. The molecule has 0 radical (unpaired) electrons. The number of aliphatic carboxylic acids is 2. The highest BCUT2D eigenvalue weighted by molar-refractivity contribution is 5.67. The SMILES string of the molecule is CCCCCC(CCCCCCC(CCC)CC(=O)O)CC(=O)O. The van der Waals surface area contributed by atoms with Gasteiger partial charge in [-0.1, -0.05) is 71.6 Å². The summed E-state index contributed by atoms with van der Waals surface area (Å²) in [4.78, 5) is 21.8. The lowest BCUT2D eigenvalue weighted by molar-refractivity contribution is -0.139. The molecule has 2 unspecified atom stereocenters. The molecule has 0 aliphatic rings. The van der Waals surface area contributed by atoms with Gasteiger partial charge in [-0.3, -0.25) is 9.59 Å². The van der Waals surface area contributed by atoms with Crippen LogP contribution >= 0.6 is 0 Å². The van der Waals surface area contributed by atoms with Crippen LogP contribution in [0.4, 0.5) is 0 Å². The molecule has 0 spiro atoms. The van der Waals surface area contributed by atoms with Crippen LogP contribution < -0.4 is 0 Å². The molecule has 0 amide bonds. The minimum atomic E-state index is -0.683. The third-order valence-corrected chi connectivity index (χ3v) is 4.81. The average molecular weight is 343 g/mol. The summed E-state index contributed by atoms with van der Waals surface area (Å²) in [6, 6.07) is 0. The van der Waals surface area contributed by atoms with Crippen LogP contribution in [-0.4, -0.2) is 22.2 Å². The molecule has 0 heterocycles. The zero-order valence-corrected chi connectivity index (χ0v) is 15.8. The summed E-state index contributed by atoms with van der Waals surface area (Å²) in [7, 11) is 0. The summed E-state index contributed by atoms with van der Waals surface area (Å²) in [5.74, 6) is -0.708. The highest BCUT2D eigenvalue weighted by Crippen LogP contribution is 2.23. The number of carbonyl (C=O) groups is 2. The summed E-state index contributed by atoms with van der Waals surface area (Å²) < 4.78 is 0. The molecule has 0 aliphatic heterocycles. The van der Waals surface area contributed by atoms with E-state index in [1.807, 2.05) is 0 Å². The maximum absolute atomic E-state index is 11.0. The van der Waals surface area contributed by atoms with Crippen LogP contribution in [0, 0.1) is 11.8 Å². The second-order valence-electron chi connectivity index (χ2n) is 7.20. The van der Waals surface area contributed by atoms with Gasteiger partial charge in [0.25, 0.3) is 0 Å². The fourth-order valence-corrected chi connectivity index (χ4v) is 3.50. The normalized spacial score (nSPS) is 13.6. The van der Waals surface area contributed by atoms with Crippen molar-refractivity contribution in [1.82, 2.24) is 0 Å². The van der Waals surface area contributed by atoms with E-state index in [1.165, 1.54) is 12.8 Å². The van der Waals surface area contributed by atoms with E-state index in [0.717, 1.165) is 64.2 Å². The Morgan fingerprint density at radius 2 is 1.04 bits per heavy atom. The van der Waals surface area contributed by atoms with E-state index < -0.39 is 11.9 Å². The molecule has 0 saturated heterocycles. The molecular formula is C20H38O4. The van der Waals surface area contributed by atoms with Crippen LogP contribution in [0.1, 0.15) is 104 Å². The number of hydrogen-bond donors (Lipinski definition) is 2. The monoisotopic (exact) mass is 342 g/mol. The highest BCUT2D eigenvalue weighted by atomic mass is 16.4. The third kappa shape index (κ3) is 14.5. The quantitative estimate of drug-likeness (QED) is 0.323. The van der Waals surface area contributed by atoms with E-state index in [1.54, 1.807) is 0 Å². The first kappa shape index (κ1) is 22.9. The molecule has 0 aromatic heterocycles. The van der Waals surface area contributed by atoms with Crippen LogP contribution in [0.5, 0.6) is 0 Å². The van der Waals surface area contributed by atoms with Gasteiger partial charge < -0.3 is 10.2 Å². The summed E-state index contributed by atoms with van der Waals surface area (Å²) in [6.07, 6.45) is 13.7. The van der Waals surface area contributed by atoms with Gasteiger partial charge >= 0.3 is 11.9 Å². The Hall–Kier alpha value is -1.06. The van der Waals surface area contributed by atoms with Gasteiger partial charge in [-0.25, -0.2) is 0 Å². The molecule has 0 rings (SSSR count). The van der Waals surface area contributed by atoms with E-state index in [9.17, 15) is 9.59 Å². The first-order valence-electron chi connectivity index (χ1n) is 9.93. The molecular weight excluding hydrogens is 304 g/mol. The first-order valence-corrected chi connectivity index (χ1v) is 9.93. The van der Waals surface area contributed by atoms with Crippen LogP contribution in [0.2, 0.25) is 0 Å². The van der Waals surface area contributed by atoms with Crippen molar-refractivity contribution < 1.29 is 19.8 Å². The summed E-state index contributed by atoms with van der Waals surface area (Å²) in [5.41, 5.74) is 0. The van der Waals surface area contributed by atoms with Crippen LogP contribution in [0.15, 0.2) is 0 Å². The summed E-state index contributed by atoms with van der Waals surface area (Å²) in [6.45, 7) is 4.28. The van der Waals surface area contributed by atoms with Gasteiger partial charge in [0.2, 0.25) is 0 Å². The van der Waals surface area contributed by atoms with Crippen LogP contribution in [0.3, 0.4) is 0 Å². The highest BCUT2D eigenvalue weighted by Gasteiger charge is 2.14. The second-order valence-corrected chi connectivity index (χ2v) is 7.20. The predicted octanol–water partition coefficient (Wildman–Crippen LogP) is 5.89. The Morgan fingerprint density at radius 1 is 0.625 bits per heavy atom. The molecule has 0 saturated carbocycles. The van der Waals surface area contributed by atoms with Gasteiger partial charge in [-0.15, -0.1) is 0 Å². The molecule has 0 fully saturated rings. The Bertz CT molecular complexity index is 328. The third-order valence-electron chi connectivity index (χ3n) is 4.81. The largest absolute Gasteiger partial charge is 0.481 e. The van der Waals surface area contributed by atoms with Crippen molar-refractivity contribution in [2.45, 2.75) is 104 Å². The van der Waals surface area contributed by atoms with Crippen molar-refractivity contribution in [3.63, 3.8) is 0 Å². The fourth-order valence-electron chi connectivity index (χ4n) is 3.50. The minimum absolute atomic E-state index is 0.298. The maximum Gasteiger partial charge on any atom is 0.303 e. The van der Waals surface area contributed by atoms with Gasteiger partial charge in [0.15, 0.2) is 0 Å². The number of unbranched alkanes of at least 4 members (excludes halogenated alkanes) is 5. The van der Waals surface area contributed by atoms with Gasteiger partial charge in [0.1, 0.15) is 0 Å². The molecule has 4 nitrogen and oxygen atoms in total. The molecule has 2 N–H and O–H groups in total. The number of rotatable bonds is 17. The molecule has 24 heavy (non-hydrogen) atoms. The zero-order chi connectivity index (χ0) is 18.2. The lowest BCUT2D eigenvalue weighted by Gasteiger charge is -2.15. The first-order chi connectivity index (χ1) is 11.5. The van der Waals surface area contributed by atoms with E-state index in [4.69, 9.17) is 10.2 Å². The van der Waals surface area contributed by atoms with Gasteiger partial charge in [-0.2, -0.15) is 0 Å². The van der Waals surface area contributed by atoms with Crippen molar-refractivity contribution >= 4 is 11.9 Å². The van der Waals surface area contributed by atoms with Crippen molar-refractivity contribution in [2.24, 2.45) is 11.8 Å². The van der Waals surface area contributed by atoms with E-state index in [-0.39, 0.29) is 0 Å². The van der Waals surface area contributed by atoms with E-state index >= 15 is 0 Å². The molecule has 142 valence electrons. The maximum atomic E-state index is 11.0. The van der Waals surface area contributed by atoms with Gasteiger partial charge in [0.05, 0.1) is 0 Å². The predicted molar refractivity (Wildman–Crippen MR) is 98.2 cm³/mol. The van der Waals surface area contributed by atoms with E-state index in [0.29, 0.717) is 24.7 Å². The molecule has 0 bridgehead atoms.